The fraction of sp³-hybridized carbons (Fsp3) is 0.158. The maximum atomic E-state index is 2.50. The first-order valence-electron chi connectivity index (χ1n) is 20.8. The van der Waals surface area contributed by atoms with E-state index in [2.05, 4.69) is 210 Å². The van der Waals surface area contributed by atoms with E-state index in [1.807, 2.05) is 0 Å². The summed E-state index contributed by atoms with van der Waals surface area (Å²) in [5, 5.41) is 2.55. The zero-order chi connectivity index (χ0) is 39.3. The SMILES string of the molecule is CC1(C)c2ccccc2-c2ccc(-c3ccc4c(c3)c3cc(-c5ccc6c(c5)C(C)(C)c5ccccc5-6)ccc3n4-c3ccc4c(c3)C(C)(C)c3ccccc3-4)cc21.[HH].[HH].[HH].[HH].[HH].[HH].[HH]. The van der Waals surface area contributed by atoms with E-state index >= 15 is 0 Å². The summed E-state index contributed by atoms with van der Waals surface area (Å²) in [4.78, 5) is 0. The molecule has 1 heterocycles. The molecule has 0 saturated heterocycles. The molecule has 0 N–H and O–H groups in total. The molecule has 9 aromatic rings. The van der Waals surface area contributed by atoms with E-state index < -0.39 is 0 Å². The molecule has 0 bridgehead atoms. The predicted octanol–water partition coefficient (Wildman–Crippen LogP) is 16.8. The second-order valence-corrected chi connectivity index (χ2v) is 18.6. The van der Waals surface area contributed by atoms with Gasteiger partial charge in [-0.05, 0) is 138 Å². The molecule has 292 valence electrons. The average Bonchev–Trinajstić information content (AvgIpc) is 3.86. The van der Waals surface area contributed by atoms with Crippen LogP contribution in [0.25, 0.3) is 83.1 Å². The fourth-order valence-electron chi connectivity index (χ4n) is 11.3. The Kier molecular flexibility index (Phi) is 6.60. The van der Waals surface area contributed by atoms with Gasteiger partial charge in [0, 0.05) is 42.7 Å². The molecule has 0 atom stereocenters. The number of nitrogens with zero attached hydrogens (tertiary/aromatic N) is 1. The summed E-state index contributed by atoms with van der Waals surface area (Å²) in [5.41, 5.74) is 25.0. The Morgan fingerprint density at radius 2 is 0.638 bits per heavy atom. The lowest BCUT2D eigenvalue weighted by molar-refractivity contribution is 0.660. The molecular formula is C57H59N. The third-order valence-corrected chi connectivity index (χ3v) is 14.4. The van der Waals surface area contributed by atoms with Crippen LogP contribution in [0.5, 0.6) is 0 Å². The largest absolute Gasteiger partial charge is 0.309 e. The smallest absolute Gasteiger partial charge is 0.0541 e. The number of hydrogen-bond donors (Lipinski definition) is 0. The monoisotopic (exact) mass is 757 g/mol. The Labute approximate surface area is 351 Å². The topological polar surface area (TPSA) is 4.93 Å². The van der Waals surface area contributed by atoms with Gasteiger partial charge in [0.05, 0.1) is 11.0 Å². The summed E-state index contributed by atoms with van der Waals surface area (Å²) in [6.45, 7) is 14.2. The van der Waals surface area contributed by atoms with Crippen LogP contribution >= 0.6 is 0 Å². The fourth-order valence-corrected chi connectivity index (χ4v) is 11.3. The zero-order valence-corrected chi connectivity index (χ0v) is 34.0. The van der Waals surface area contributed by atoms with Crippen molar-refractivity contribution in [2.75, 3.05) is 0 Å². The Hall–Kier alpha value is -6.44. The Morgan fingerprint density at radius 1 is 0.310 bits per heavy atom. The van der Waals surface area contributed by atoms with Crippen LogP contribution in [0, 0.1) is 0 Å². The normalized spacial score (nSPS) is 15.8. The minimum Gasteiger partial charge on any atom is -0.309 e. The van der Waals surface area contributed by atoms with Gasteiger partial charge in [-0.1, -0.05) is 157 Å². The van der Waals surface area contributed by atoms with Gasteiger partial charge in [0.25, 0.3) is 0 Å². The molecule has 0 saturated carbocycles. The first-order valence-corrected chi connectivity index (χ1v) is 20.8. The standard InChI is InChI=1S/C57H45N.7H2/c1-55(2)47-16-10-7-13-39(47)42-24-19-36(31-50(42)55)34-21-27-53-45(29-34)46-30-35(37-20-25-43-40-14-8-11-17-48(40)56(3,4)51(43)32-37)22-28-54(46)58(53)38-23-26-44-41-15-9-12-18-49(41)57(5,6)52(44)33-38;;;;;;;/h7-33H,1-6H3;7*1H. The van der Waals surface area contributed by atoms with E-state index in [9.17, 15) is 0 Å². The molecular weight excluding hydrogens is 699 g/mol. The molecule has 1 aromatic heterocycles. The highest BCUT2D eigenvalue weighted by Crippen LogP contribution is 2.53. The lowest BCUT2D eigenvalue weighted by Gasteiger charge is -2.22. The summed E-state index contributed by atoms with van der Waals surface area (Å²) in [6.07, 6.45) is 0. The highest BCUT2D eigenvalue weighted by molar-refractivity contribution is 6.12. The highest BCUT2D eigenvalue weighted by atomic mass is 15.0. The third-order valence-electron chi connectivity index (χ3n) is 14.4. The summed E-state index contributed by atoms with van der Waals surface area (Å²) < 4.78 is 2.50. The van der Waals surface area contributed by atoms with Crippen LogP contribution in [0.3, 0.4) is 0 Å². The van der Waals surface area contributed by atoms with Crippen molar-refractivity contribution in [2.24, 2.45) is 0 Å². The van der Waals surface area contributed by atoms with Gasteiger partial charge in [0.15, 0.2) is 0 Å². The first kappa shape index (κ1) is 33.7. The van der Waals surface area contributed by atoms with Crippen molar-refractivity contribution < 1.29 is 9.99 Å². The molecule has 0 radical (unpaired) electrons. The van der Waals surface area contributed by atoms with Crippen LogP contribution in [-0.4, -0.2) is 4.57 Å². The Morgan fingerprint density at radius 3 is 1.07 bits per heavy atom. The summed E-state index contributed by atoms with van der Waals surface area (Å²) in [5.74, 6) is 0. The summed E-state index contributed by atoms with van der Waals surface area (Å²) >= 11 is 0. The van der Waals surface area contributed by atoms with Crippen LogP contribution in [-0.2, 0) is 16.2 Å². The summed E-state index contributed by atoms with van der Waals surface area (Å²) in [7, 11) is 0. The molecule has 0 aliphatic heterocycles. The van der Waals surface area contributed by atoms with Gasteiger partial charge in [-0.25, -0.2) is 0 Å². The molecule has 3 aliphatic carbocycles. The molecule has 1 heteroatoms. The summed E-state index contributed by atoms with van der Waals surface area (Å²) in [6, 6.07) is 62.5. The van der Waals surface area contributed by atoms with Crippen LogP contribution in [0.4, 0.5) is 0 Å². The van der Waals surface area contributed by atoms with Gasteiger partial charge >= 0.3 is 0 Å². The van der Waals surface area contributed by atoms with Gasteiger partial charge in [-0.2, -0.15) is 0 Å². The molecule has 0 unspecified atom stereocenters. The van der Waals surface area contributed by atoms with E-state index in [1.165, 1.54) is 117 Å². The van der Waals surface area contributed by atoms with Gasteiger partial charge in [0.2, 0.25) is 0 Å². The van der Waals surface area contributed by atoms with Crippen molar-refractivity contribution in [1.29, 1.82) is 0 Å². The molecule has 1 nitrogen and oxygen atoms in total. The van der Waals surface area contributed by atoms with E-state index in [-0.39, 0.29) is 26.2 Å². The maximum absolute atomic E-state index is 2.50. The van der Waals surface area contributed by atoms with Gasteiger partial charge < -0.3 is 4.57 Å². The highest BCUT2D eigenvalue weighted by Gasteiger charge is 2.38. The number of rotatable bonds is 3. The van der Waals surface area contributed by atoms with Crippen molar-refractivity contribution in [3.63, 3.8) is 0 Å². The van der Waals surface area contributed by atoms with E-state index in [4.69, 9.17) is 0 Å². The number of fused-ring (bicyclic) bond motifs is 12. The van der Waals surface area contributed by atoms with E-state index in [0.717, 1.165) is 0 Å². The van der Waals surface area contributed by atoms with Crippen LogP contribution < -0.4 is 0 Å². The van der Waals surface area contributed by atoms with Crippen molar-refractivity contribution in [1.82, 2.24) is 4.57 Å². The zero-order valence-electron chi connectivity index (χ0n) is 34.0. The number of benzene rings is 8. The van der Waals surface area contributed by atoms with Crippen LogP contribution in [0.1, 0.15) is 84.9 Å². The molecule has 0 fully saturated rings. The van der Waals surface area contributed by atoms with Crippen LogP contribution in [0.15, 0.2) is 164 Å². The molecule has 3 aliphatic rings. The van der Waals surface area contributed by atoms with Crippen molar-refractivity contribution in [3.05, 3.63) is 197 Å². The van der Waals surface area contributed by atoms with E-state index in [1.54, 1.807) is 0 Å². The first-order chi connectivity index (χ1) is 28.0. The Bertz CT molecular complexity index is 3120. The Balaban J connectivity index is 0.00000113. The molecule has 0 amide bonds. The molecule has 12 rings (SSSR count). The number of aromatic nitrogens is 1. The van der Waals surface area contributed by atoms with E-state index in [0.29, 0.717) is 0 Å². The average molecular weight is 758 g/mol. The maximum Gasteiger partial charge on any atom is 0.0541 e. The molecule has 8 aromatic carbocycles. The quantitative estimate of drug-likeness (QED) is 0.169. The van der Waals surface area contributed by atoms with Gasteiger partial charge in [-0.3, -0.25) is 0 Å². The van der Waals surface area contributed by atoms with Crippen molar-refractivity contribution in [2.45, 2.75) is 57.8 Å². The third kappa shape index (κ3) is 4.37. The van der Waals surface area contributed by atoms with Gasteiger partial charge in [-0.15, -0.1) is 0 Å². The molecule has 0 spiro atoms. The number of hydrogen-bond acceptors (Lipinski definition) is 0. The molecule has 58 heavy (non-hydrogen) atoms. The van der Waals surface area contributed by atoms with Crippen molar-refractivity contribution in [3.8, 4) is 61.3 Å². The lowest BCUT2D eigenvalue weighted by Crippen LogP contribution is -2.15. The second-order valence-electron chi connectivity index (χ2n) is 18.6. The minimum atomic E-state index is -0.0803. The predicted molar refractivity (Wildman–Crippen MR) is 259 cm³/mol. The van der Waals surface area contributed by atoms with Crippen molar-refractivity contribution >= 4 is 21.8 Å². The second kappa shape index (κ2) is 11.4. The van der Waals surface area contributed by atoms with Gasteiger partial charge in [0.1, 0.15) is 0 Å². The lowest BCUT2D eigenvalue weighted by atomic mass is 9.81. The minimum absolute atomic E-state index is 0. The van der Waals surface area contributed by atoms with Crippen LogP contribution in [0.2, 0.25) is 0 Å².